The van der Waals surface area contributed by atoms with Crippen LogP contribution in [0.2, 0.25) is 0 Å². The number of carbonyl (C=O) groups excluding carboxylic acids is 1. The Morgan fingerprint density at radius 2 is 2.43 bits per heavy atom. The fourth-order valence-corrected chi connectivity index (χ4v) is 1.60. The van der Waals surface area contributed by atoms with E-state index in [1.807, 2.05) is 4.90 Å². The number of nitrogens with one attached hydrogen (secondary N) is 2. The van der Waals surface area contributed by atoms with Gasteiger partial charge in [-0.15, -0.1) is 6.58 Å². The summed E-state index contributed by atoms with van der Waals surface area (Å²) in [5.74, 6) is 0. The molecule has 2 N–H and O–H groups in total. The molecule has 4 heteroatoms. The Morgan fingerprint density at radius 3 is 3.07 bits per heavy atom. The average molecular weight is 197 g/mol. The van der Waals surface area contributed by atoms with Crippen LogP contribution in [0, 0.1) is 0 Å². The highest BCUT2D eigenvalue weighted by Crippen LogP contribution is 2.08. The number of nitrogens with zero attached hydrogens (tertiary/aromatic N) is 1. The summed E-state index contributed by atoms with van der Waals surface area (Å²) in [5.41, 5.74) is 0. The zero-order valence-electron chi connectivity index (χ0n) is 8.92. The Balaban J connectivity index is 2.48. The first kappa shape index (κ1) is 11.0. The smallest absolute Gasteiger partial charge is 0.317 e. The standard InChI is InChI=1S/C10H19N3O/c1-4-5-12-10(14)13-7-6-11-8(2)9(13)3/h4,8-9,11H,1,5-7H2,2-3H3,(H,12,14). The first-order valence-corrected chi connectivity index (χ1v) is 5.05. The predicted molar refractivity (Wildman–Crippen MR) is 57.2 cm³/mol. The van der Waals surface area contributed by atoms with Crippen molar-refractivity contribution >= 4 is 6.03 Å². The molecule has 0 aliphatic carbocycles. The van der Waals surface area contributed by atoms with Gasteiger partial charge in [0.15, 0.2) is 0 Å². The molecular weight excluding hydrogens is 178 g/mol. The van der Waals surface area contributed by atoms with Crippen molar-refractivity contribution in [3.63, 3.8) is 0 Å². The van der Waals surface area contributed by atoms with Gasteiger partial charge in [0.2, 0.25) is 0 Å². The highest BCUT2D eigenvalue weighted by molar-refractivity contribution is 5.74. The monoisotopic (exact) mass is 197 g/mol. The Bertz CT molecular complexity index is 217. The molecule has 2 amide bonds. The maximum Gasteiger partial charge on any atom is 0.317 e. The minimum absolute atomic E-state index is 0.00532. The number of piperazine rings is 1. The lowest BCUT2D eigenvalue weighted by Crippen LogP contribution is -2.59. The third-order valence-corrected chi connectivity index (χ3v) is 2.69. The van der Waals surface area contributed by atoms with Gasteiger partial charge >= 0.3 is 6.03 Å². The lowest BCUT2D eigenvalue weighted by Gasteiger charge is -2.38. The van der Waals surface area contributed by atoms with Gasteiger partial charge in [0.25, 0.3) is 0 Å². The molecule has 1 aliphatic heterocycles. The van der Waals surface area contributed by atoms with Crippen LogP contribution < -0.4 is 10.6 Å². The van der Waals surface area contributed by atoms with Crippen molar-refractivity contribution in [2.45, 2.75) is 25.9 Å². The SMILES string of the molecule is C=CCNC(=O)N1CCNC(C)C1C. The van der Waals surface area contributed by atoms with Gasteiger partial charge in [-0.2, -0.15) is 0 Å². The van der Waals surface area contributed by atoms with Gasteiger partial charge in [0.05, 0.1) is 0 Å². The van der Waals surface area contributed by atoms with E-state index in [0.29, 0.717) is 12.6 Å². The van der Waals surface area contributed by atoms with E-state index >= 15 is 0 Å². The summed E-state index contributed by atoms with van der Waals surface area (Å²) in [7, 11) is 0. The molecule has 0 aromatic carbocycles. The number of urea groups is 1. The van der Waals surface area contributed by atoms with Gasteiger partial charge in [-0.05, 0) is 13.8 Å². The van der Waals surface area contributed by atoms with E-state index in [2.05, 4.69) is 31.1 Å². The molecular formula is C10H19N3O. The molecule has 0 saturated carbocycles. The Kier molecular flexibility index (Phi) is 3.95. The Morgan fingerprint density at radius 1 is 1.71 bits per heavy atom. The van der Waals surface area contributed by atoms with Crippen molar-refractivity contribution in [2.75, 3.05) is 19.6 Å². The quantitative estimate of drug-likeness (QED) is 0.635. The van der Waals surface area contributed by atoms with Crippen LogP contribution in [0.25, 0.3) is 0 Å². The second-order valence-electron chi connectivity index (χ2n) is 3.65. The summed E-state index contributed by atoms with van der Waals surface area (Å²) >= 11 is 0. The summed E-state index contributed by atoms with van der Waals surface area (Å²) in [6.45, 7) is 9.89. The normalized spacial score (nSPS) is 27.1. The first-order valence-electron chi connectivity index (χ1n) is 5.05. The van der Waals surface area contributed by atoms with E-state index in [-0.39, 0.29) is 12.1 Å². The molecule has 4 nitrogen and oxygen atoms in total. The molecule has 1 heterocycles. The van der Waals surface area contributed by atoms with E-state index in [1.54, 1.807) is 6.08 Å². The van der Waals surface area contributed by atoms with Crippen LogP contribution >= 0.6 is 0 Å². The van der Waals surface area contributed by atoms with Crippen LogP contribution in [-0.4, -0.2) is 42.6 Å². The largest absolute Gasteiger partial charge is 0.335 e. The van der Waals surface area contributed by atoms with Crippen molar-refractivity contribution in [3.8, 4) is 0 Å². The van der Waals surface area contributed by atoms with Gasteiger partial charge in [0.1, 0.15) is 0 Å². The van der Waals surface area contributed by atoms with Gasteiger partial charge in [0, 0.05) is 31.7 Å². The van der Waals surface area contributed by atoms with E-state index < -0.39 is 0 Å². The summed E-state index contributed by atoms with van der Waals surface area (Å²) in [5, 5.41) is 6.13. The lowest BCUT2D eigenvalue weighted by molar-refractivity contribution is 0.146. The average Bonchev–Trinajstić information content (AvgIpc) is 2.18. The van der Waals surface area contributed by atoms with E-state index in [1.165, 1.54) is 0 Å². The van der Waals surface area contributed by atoms with Gasteiger partial charge in [-0.25, -0.2) is 4.79 Å². The topological polar surface area (TPSA) is 44.4 Å². The van der Waals surface area contributed by atoms with Crippen LogP contribution in [0.5, 0.6) is 0 Å². The Labute approximate surface area is 85.3 Å². The second kappa shape index (κ2) is 5.00. The minimum atomic E-state index is 0.00532. The predicted octanol–water partition coefficient (Wildman–Crippen LogP) is 0.564. The van der Waals surface area contributed by atoms with Gasteiger partial charge in [-0.3, -0.25) is 0 Å². The maximum atomic E-state index is 11.7. The van der Waals surface area contributed by atoms with Crippen LogP contribution in [0.3, 0.4) is 0 Å². The molecule has 1 saturated heterocycles. The molecule has 0 aromatic rings. The van der Waals surface area contributed by atoms with E-state index in [0.717, 1.165) is 13.1 Å². The van der Waals surface area contributed by atoms with Crippen LogP contribution in [-0.2, 0) is 0 Å². The molecule has 1 aliphatic rings. The van der Waals surface area contributed by atoms with E-state index in [4.69, 9.17) is 0 Å². The number of amides is 2. The van der Waals surface area contributed by atoms with Crippen LogP contribution in [0.1, 0.15) is 13.8 Å². The fourth-order valence-electron chi connectivity index (χ4n) is 1.60. The van der Waals surface area contributed by atoms with E-state index in [9.17, 15) is 4.79 Å². The second-order valence-corrected chi connectivity index (χ2v) is 3.65. The van der Waals surface area contributed by atoms with Crippen LogP contribution in [0.4, 0.5) is 4.79 Å². The molecule has 1 rings (SSSR count). The molecule has 0 spiro atoms. The van der Waals surface area contributed by atoms with Crippen molar-refractivity contribution < 1.29 is 4.79 Å². The summed E-state index contributed by atoms with van der Waals surface area (Å²) in [4.78, 5) is 13.5. The number of hydrogen-bond donors (Lipinski definition) is 2. The minimum Gasteiger partial charge on any atom is -0.335 e. The highest BCUT2D eigenvalue weighted by Gasteiger charge is 2.27. The molecule has 14 heavy (non-hydrogen) atoms. The molecule has 0 radical (unpaired) electrons. The number of rotatable bonds is 2. The molecule has 1 fully saturated rings. The van der Waals surface area contributed by atoms with Gasteiger partial charge in [-0.1, -0.05) is 6.08 Å². The zero-order valence-corrected chi connectivity index (χ0v) is 8.92. The first-order chi connectivity index (χ1) is 6.66. The zero-order chi connectivity index (χ0) is 10.6. The highest BCUT2D eigenvalue weighted by atomic mass is 16.2. The van der Waals surface area contributed by atoms with Gasteiger partial charge < -0.3 is 15.5 Å². The lowest BCUT2D eigenvalue weighted by atomic mass is 10.1. The van der Waals surface area contributed by atoms with Crippen LogP contribution in [0.15, 0.2) is 12.7 Å². The van der Waals surface area contributed by atoms with Crippen molar-refractivity contribution in [3.05, 3.63) is 12.7 Å². The maximum absolute atomic E-state index is 11.7. The summed E-state index contributed by atoms with van der Waals surface area (Å²) in [6, 6.07) is 0.609. The summed E-state index contributed by atoms with van der Waals surface area (Å²) < 4.78 is 0. The Hall–Kier alpha value is -1.03. The number of carbonyl (C=O) groups is 1. The summed E-state index contributed by atoms with van der Waals surface area (Å²) in [6.07, 6.45) is 1.69. The molecule has 0 bridgehead atoms. The number of hydrogen-bond acceptors (Lipinski definition) is 2. The third-order valence-electron chi connectivity index (χ3n) is 2.69. The third kappa shape index (κ3) is 2.48. The van der Waals surface area contributed by atoms with Crippen molar-refractivity contribution in [1.82, 2.24) is 15.5 Å². The molecule has 80 valence electrons. The molecule has 2 atom stereocenters. The fraction of sp³-hybridized carbons (Fsp3) is 0.700. The van der Waals surface area contributed by atoms with Crippen molar-refractivity contribution in [2.24, 2.45) is 0 Å². The molecule has 0 aromatic heterocycles. The van der Waals surface area contributed by atoms with Crippen molar-refractivity contribution in [1.29, 1.82) is 0 Å². The molecule has 2 unspecified atom stereocenters.